The van der Waals surface area contributed by atoms with E-state index in [1.54, 1.807) is 6.07 Å². The van der Waals surface area contributed by atoms with Crippen molar-refractivity contribution in [2.45, 2.75) is 65.2 Å². The SMILES string of the molecule is CCCC(C)CCCC(CC)c1ccc(-c2ccc(F)c(F)c2)cc1. The first-order valence-corrected chi connectivity index (χ1v) is 9.60. The molecule has 0 aromatic heterocycles. The largest absolute Gasteiger partial charge is 0.204 e. The van der Waals surface area contributed by atoms with Gasteiger partial charge in [-0.15, -0.1) is 0 Å². The predicted molar refractivity (Wildman–Crippen MR) is 103 cm³/mol. The molecule has 0 aliphatic carbocycles. The predicted octanol–water partition coefficient (Wildman–Crippen LogP) is 7.73. The van der Waals surface area contributed by atoms with Gasteiger partial charge in [-0.25, -0.2) is 8.78 Å². The van der Waals surface area contributed by atoms with Crippen molar-refractivity contribution in [3.63, 3.8) is 0 Å². The van der Waals surface area contributed by atoms with Crippen LogP contribution in [-0.4, -0.2) is 0 Å². The molecule has 2 aromatic rings. The summed E-state index contributed by atoms with van der Waals surface area (Å²) in [7, 11) is 0. The van der Waals surface area contributed by atoms with E-state index < -0.39 is 11.6 Å². The first-order valence-electron chi connectivity index (χ1n) is 9.60. The van der Waals surface area contributed by atoms with Gasteiger partial charge in [0.15, 0.2) is 11.6 Å². The van der Waals surface area contributed by atoms with Crippen molar-refractivity contribution in [2.24, 2.45) is 5.92 Å². The van der Waals surface area contributed by atoms with Crippen molar-refractivity contribution >= 4 is 0 Å². The summed E-state index contributed by atoms with van der Waals surface area (Å²) in [6.07, 6.45) is 7.51. The Kier molecular flexibility index (Phi) is 7.61. The van der Waals surface area contributed by atoms with Crippen molar-refractivity contribution in [3.05, 3.63) is 59.7 Å². The fourth-order valence-electron chi connectivity index (χ4n) is 3.58. The van der Waals surface area contributed by atoms with Crippen LogP contribution in [0, 0.1) is 17.6 Å². The van der Waals surface area contributed by atoms with Gasteiger partial charge in [0.05, 0.1) is 0 Å². The molecule has 0 spiro atoms. The van der Waals surface area contributed by atoms with Crippen LogP contribution >= 0.6 is 0 Å². The lowest BCUT2D eigenvalue weighted by molar-refractivity contribution is 0.441. The third kappa shape index (κ3) is 5.66. The van der Waals surface area contributed by atoms with Crippen LogP contribution in [0.4, 0.5) is 8.78 Å². The molecule has 0 nitrogen and oxygen atoms in total. The molecule has 0 radical (unpaired) electrons. The Morgan fingerprint density at radius 2 is 1.48 bits per heavy atom. The number of benzene rings is 2. The molecule has 136 valence electrons. The summed E-state index contributed by atoms with van der Waals surface area (Å²) in [6, 6.07) is 12.4. The minimum atomic E-state index is -0.802. The van der Waals surface area contributed by atoms with Crippen molar-refractivity contribution in [2.75, 3.05) is 0 Å². The number of rotatable bonds is 9. The highest BCUT2D eigenvalue weighted by Crippen LogP contribution is 2.29. The molecule has 0 aliphatic rings. The van der Waals surface area contributed by atoms with E-state index in [1.165, 1.54) is 49.8 Å². The highest BCUT2D eigenvalue weighted by atomic mass is 19.2. The van der Waals surface area contributed by atoms with Crippen molar-refractivity contribution in [3.8, 4) is 11.1 Å². The summed E-state index contributed by atoms with van der Waals surface area (Å²) < 4.78 is 26.5. The van der Waals surface area contributed by atoms with Gasteiger partial charge in [0, 0.05) is 0 Å². The van der Waals surface area contributed by atoms with Crippen LogP contribution in [0.25, 0.3) is 11.1 Å². The molecule has 0 saturated carbocycles. The third-order valence-electron chi connectivity index (χ3n) is 5.16. The van der Waals surface area contributed by atoms with Gasteiger partial charge in [-0.3, -0.25) is 0 Å². The van der Waals surface area contributed by atoms with Gasteiger partial charge < -0.3 is 0 Å². The Bertz CT molecular complexity index is 646. The number of hydrogen-bond acceptors (Lipinski definition) is 0. The van der Waals surface area contributed by atoms with E-state index in [1.807, 2.05) is 12.1 Å². The smallest absolute Gasteiger partial charge is 0.159 e. The molecular weight excluding hydrogens is 314 g/mol. The van der Waals surface area contributed by atoms with Crippen LogP contribution in [0.15, 0.2) is 42.5 Å². The van der Waals surface area contributed by atoms with E-state index >= 15 is 0 Å². The molecule has 0 heterocycles. The fraction of sp³-hybridized carbons (Fsp3) is 0.478. The highest BCUT2D eigenvalue weighted by Gasteiger charge is 2.11. The lowest BCUT2D eigenvalue weighted by Crippen LogP contribution is -2.00. The van der Waals surface area contributed by atoms with E-state index in [4.69, 9.17) is 0 Å². The van der Waals surface area contributed by atoms with Crippen LogP contribution in [0.5, 0.6) is 0 Å². The highest BCUT2D eigenvalue weighted by molar-refractivity contribution is 5.63. The van der Waals surface area contributed by atoms with Gasteiger partial charge in [-0.1, -0.05) is 76.8 Å². The zero-order valence-corrected chi connectivity index (χ0v) is 15.7. The lowest BCUT2D eigenvalue weighted by atomic mass is 9.88. The molecule has 0 N–H and O–H groups in total. The second-order valence-corrected chi connectivity index (χ2v) is 7.18. The van der Waals surface area contributed by atoms with Crippen molar-refractivity contribution < 1.29 is 8.78 Å². The van der Waals surface area contributed by atoms with Crippen LogP contribution in [-0.2, 0) is 0 Å². The molecule has 0 saturated heterocycles. The Morgan fingerprint density at radius 1 is 0.800 bits per heavy atom. The first-order chi connectivity index (χ1) is 12.0. The van der Waals surface area contributed by atoms with Gasteiger partial charge in [-0.2, -0.15) is 0 Å². The third-order valence-corrected chi connectivity index (χ3v) is 5.16. The maximum absolute atomic E-state index is 13.4. The first kappa shape index (κ1) is 19.6. The summed E-state index contributed by atoms with van der Waals surface area (Å²) in [6.45, 7) is 6.84. The minimum absolute atomic E-state index is 0.577. The second kappa shape index (κ2) is 9.70. The van der Waals surface area contributed by atoms with Crippen LogP contribution in [0.2, 0.25) is 0 Å². The Morgan fingerprint density at radius 3 is 2.08 bits per heavy atom. The average Bonchev–Trinajstić information content (AvgIpc) is 2.62. The monoisotopic (exact) mass is 344 g/mol. The van der Waals surface area contributed by atoms with Crippen molar-refractivity contribution in [1.82, 2.24) is 0 Å². The molecular formula is C23H30F2. The van der Waals surface area contributed by atoms with Gasteiger partial charge in [-0.05, 0) is 53.5 Å². The molecule has 0 aliphatic heterocycles. The molecule has 2 atom stereocenters. The van der Waals surface area contributed by atoms with Crippen molar-refractivity contribution in [1.29, 1.82) is 0 Å². The summed E-state index contributed by atoms with van der Waals surface area (Å²) in [5.41, 5.74) is 2.98. The molecule has 2 heteroatoms. The minimum Gasteiger partial charge on any atom is -0.204 e. The summed E-state index contributed by atoms with van der Waals surface area (Å²) in [5, 5.41) is 0. The Hall–Kier alpha value is -1.70. The Labute approximate surface area is 151 Å². The Balaban J connectivity index is 2.00. The topological polar surface area (TPSA) is 0 Å². The maximum atomic E-state index is 13.4. The normalized spacial score (nSPS) is 13.6. The second-order valence-electron chi connectivity index (χ2n) is 7.18. The van der Waals surface area contributed by atoms with Crippen LogP contribution in [0.1, 0.15) is 70.8 Å². The average molecular weight is 344 g/mol. The molecule has 2 rings (SSSR count). The molecule has 2 aromatic carbocycles. The van der Waals surface area contributed by atoms with E-state index in [9.17, 15) is 8.78 Å². The molecule has 0 amide bonds. The molecule has 0 bridgehead atoms. The van der Waals surface area contributed by atoms with Gasteiger partial charge in [0.2, 0.25) is 0 Å². The zero-order chi connectivity index (χ0) is 18.2. The summed E-state index contributed by atoms with van der Waals surface area (Å²) in [4.78, 5) is 0. The zero-order valence-electron chi connectivity index (χ0n) is 15.7. The van der Waals surface area contributed by atoms with E-state index in [-0.39, 0.29) is 0 Å². The van der Waals surface area contributed by atoms with E-state index in [2.05, 4.69) is 32.9 Å². The number of halogens is 2. The summed E-state index contributed by atoms with van der Waals surface area (Å²) in [5.74, 6) is -0.205. The molecule has 2 unspecified atom stereocenters. The number of hydrogen-bond donors (Lipinski definition) is 0. The standard InChI is InChI=1S/C23H30F2/c1-4-7-17(3)8-6-9-18(5-2)19-10-12-20(13-11-19)21-14-15-22(24)23(25)16-21/h10-18H,4-9H2,1-3H3. The fourth-order valence-corrected chi connectivity index (χ4v) is 3.58. The molecule has 25 heavy (non-hydrogen) atoms. The molecule has 0 fully saturated rings. The maximum Gasteiger partial charge on any atom is 0.159 e. The van der Waals surface area contributed by atoms with Gasteiger partial charge in [0.25, 0.3) is 0 Å². The van der Waals surface area contributed by atoms with E-state index in [0.29, 0.717) is 11.5 Å². The van der Waals surface area contributed by atoms with Crippen LogP contribution in [0.3, 0.4) is 0 Å². The lowest BCUT2D eigenvalue weighted by Gasteiger charge is -2.17. The van der Waals surface area contributed by atoms with E-state index in [0.717, 1.165) is 17.9 Å². The quantitative estimate of drug-likeness (QED) is 0.436. The van der Waals surface area contributed by atoms with Crippen LogP contribution < -0.4 is 0 Å². The van der Waals surface area contributed by atoms with Gasteiger partial charge >= 0.3 is 0 Å². The van der Waals surface area contributed by atoms with Gasteiger partial charge in [0.1, 0.15) is 0 Å². The summed E-state index contributed by atoms with van der Waals surface area (Å²) >= 11 is 0.